The summed E-state index contributed by atoms with van der Waals surface area (Å²) < 4.78 is 32.0. The molecular weight excluding hydrogens is 364 g/mol. The fourth-order valence-electron chi connectivity index (χ4n) is 3.18. The molecule has 0 bridgehead atoms. The Bertz CT molecular complexity index is 799. The summed E-state index contributed by atoms with van der Waals surface area (Å²) in [7, 11) is 0. The van der Waals surface area contributed by atoms with Crippen LogP contribution >= 0.6 is 0 Å². The molecule has 0 spiro atoms. The van der Waals surface area contributed by atoms with Crippen molar-refractivity contribution in [2.45, 2.75) is 13.3 Å². The van der Waals surface area contributed by atoms with Crippen molar-refractivity contribution in [3.05, 3.63) is 59.7 Å². The zero-order valence-corrected chi connectivity index (χ0v) is 15.9. The average Bonchev–Trinajstić information content (AvgIpc) is 3.16. The second-order valence-corrected chi connectivity index (χ2v) is 7.00. The zero-order chi connectivity index (χ0) is 19.9. The third kappa shape index (κ3) is 5.58. The molecule has 5 nitrogen and oxygen atoms in total. The normalized spacial score (nSPS) is 16.1. The van der Waals surface area contributed by atoms with E-state index in [1.54, 1.807) is 6.07 Å². The van der Waals surface area contributed by atoms with Crippen molar-refractivity contribution in [3.63, 3.8) is 0 Å². The highest BCUT2D eigenvalue weighted by molar-refractivity contribution is 5.73. The fraction of sp³-hybridized carbons (Fsp3) is 0.381. The lowest BCUT2D eigenvalue weighted by molar-refractivity contribution is 0.235. The molecule has 2 N–H and O–H groups in total. The van der Waals surface area contributed by atoms with Crippen LogP contribution in [-0.4, -0.2) is 38.8 Å². The standard InChI is InChI=1S/C21H25F2N3O2/c1-15-2-5-18(6-3-15)28-11-9-24-21(27)25-13-16-8-10-26(14-16)17-4-7-19(22)20(23)12-17/h2-7,12,16H,8-11,13-14H2,1H3,(H2,24,25,27). The van der Waals surface area contributed by atoms with E-state index in [-0.39, 0.29) is 11.9 Å². The summed E-state index contributed by atoms with van der Waals surface area (Å²) >= 11 is 0. The van der Waals surface area contributed by atoms with E-state index in [0.717, 1.165) is 24.8 Å². The molecule has 2 aromatic carbocycles. The first kappa shape index (κ1) is 19.9. The minimum Gasteiger partial charge on any atom is -0.492 e. The second kappa shape index (κ2) is 9.39. The van der Waals surface area contributed by atoms with Gasteiger partial charge in [-0.3, -0.25) is 0 Å². The summed E-state index contributed by atoms with van der Waals surface area (Å²) in [4.78, 5) is 13.9. The van der Waals surface area contributed by atoms with Gasteiger partial charge in [-0.05, 0) is 43.5 Å². The number of halogens is 2. The third-order valence-corrected chi connectivity index (χ3v) is 4.78. The minimum absolute atomic E-state index is 0.237. The van der Waals surface area contributed by atoms with Gasteiger partial charge in [-0.1, -0.05) is 17.7 Å². The molecule has 0 radical (unpaired) electrons. The molecule has 1 unspecified atom stereocenters. The number of hydrogen-bond acceptors (Lipinski definition) is 3. The SMILES string of the molecule is Cc1ccc(OCCNC(=O)NCC2CCN(c3ccc(F)c(F)c3)C2)cc1. The summed E-state index contributed by atoms with van der Waals surface area (Å²) in [5.74, 6) is -0.644. The first-order valence-electron chi connectivity index (χ1n) is 9.42. The van der Waals surface area contributed by atoms with Crippen LogP contribution in [0.5, 0.6) is 5.75 Å². The van der Waals surface area contributed by atoms with Gasteiger partial charge in [-0.2, -0.15) is 0 Å². The maximum atomic E-state index is 13.4. The van der Waals surface area contributed by atoms with Gasteiger partial charge in [0.25, 0.3) is 0 Å². The van der Waals surface area contributed by atoms with Gasteiger partial charge >= 0.3 is 6.03 Å². The Balaban J connectivity index is 1.32. The van der Waals surface area contributed by atoms with E-state index in [2.05, 4.69) is 10.6 Å². The van der Waals surface area contributed by atoms with E-state index < -0.39 is 11.6 Å². The van der Waals surface area contributed by atoms with Crippen LogP contribution in [0.25, 0.3) is 0 Å². The average molecular weight is 389 g/mol. The Morgan fingerprint density at radius 3 is 2.68 bits per heavy atom. The smallest absolute Gasteiger partial charge is 0.314 e. The highest BCUT2D eigenvalue weighted by Crippen LogP contribution is 2.24. The number of carbonyl (C=O) groups excluding carboxylic acids is 1. The molecule has 1 saturated heterocycles. The lowest BCUT2D eigenvalue weighted by Crippen LogP contribution is -2.40. The Hall–Kier alpha value is -2.83. The number of nitrogens with zero attached hydrogens (tertiary/aromatic N) is 1. The van der Waals surface area contributed by atoms with Crippen LogP contribution in [0.15, 0.2) is 42.5 Å². The van der Waals surface area contributed by atoms with Crippen molar-refractivity contribution in [2.75, 3.05) is 37.7 Å². The lowest BCUT2D eigenvalue weighted by Gasteiger charge is -2.19. The molecule has 7 heteroatoms. The van der Waals surface area contributed by atoms with Crippen LogP contribution in [-0.2, 0) is 0 Å². The molecule has 1 heterocycles. The van der Waals surface area contributed by atoms with Gasteiger partial charge in [0.05, 0.1) is 6.54 Å². The molecule has 28 heavy (non-hydrogen) atoms. The van der Waals surface area contributed by atoms with E-state index in [9.17, 15) is 13.6 Å². The summed E-state index contributed by atoms with van der Waals surface area (Å²) in [6.07, 6.45) is 0.885. The van der Waals surface area contributed by atoms with Crippen molar-refractivity contribution in [1.82, 2.24) is 10.6 Å². The van der Waals surface area contributed by atoms with Crippen molar-refractivity contribution in [1.29, 1.82) is 0 Å². The highest BCUT2D eigenvalue weighted by Gasteiger charge is 2.23. The number of hydrogen-bond donors (Lipinski definition) is 2. The van der Waals surface area contributed by atoms with E-state index in [0.29, 0.717) is 31.9 Å². The molecule has 1 aliphatic rings. The first-order chi connectivity index (χ1) is 13.5. The zero-order valence-electron chi connectivity index (χ0n) is 15.9. The van der Waals surface area contributed by atoms with E-state index >= 15 is 0 Å². The Labute approximate surface area is 163 Å². The van der Waals surface area contributed by atoms with E-state index in [1.807, 2.05) is 36.1 Å². The number of urea groups is 1. The highest BCUT2D eigenvalue weighted by atomic mass is 19.2. The topological polar surface area (TPSA) is 53.6 Å². The number of ether oxygens (including phenoxy) is 1. The molecule has 0 aromatic heterocycles. The number of anilines is 1. The van der Waals surface area contributed by atoms with Crippen molar-refractivity contribution in [3.8, 4) is 5.75 Å². The molecule has 0 aliphatic carbocycles. The van der Waals surface area contributed by atoms with Crippen LogP contribution in [0.3, 0.4) is 0 Å². The summed E-state index contributed by atoms with van der Waals surface area (Å²) in [6, 6.07) is 11.4. The third-order valence-electron chi connectivity index (χ3n) is 4.78. The molecule has 1 fully saturated rings. The molecule has 2 aromatic rings. The van der Waals surface area contributed by atoms with E-state index in [4.69, 9.17) is 4.74 Å². The number of nitrogens with one attached hydrogen (secondary N) is 2. The van der Waals surface area contributed by atoms with Crippen LogP contribution in [0.2, 0.25) is 0 Å². The second-order valence-electron chi connectivity index (χ2n) is 7.00. The number of rotatable bonds is 7. The van der Waals surface area contributed by atoms with Crippen molar-refractivity contribution < 1.29 is 18.3 Å². The summed E-state index contributed by atoms with van der Waals surface area (Å²) in [6.45, 7) is 4.79. The Morgan fingerprint density at radius 2 is 1.93 bits per heavy atom. The molecule has 3 rings (SSSR count). The summed E-state index contributed by atoms with van der Waals surface area (Å²) in [5.41, 5.74) is 1.83. The quantitative estimate of drug-likeness (QED) is 0.713. The maximum absolute atomic E-state index is 13.4. The largest absolute Gasteiger partial charge is 0.492 e. The lowest BCUT2D eigenvalue weighted by atomic mass is 10.1. The predicted octanol–water partition coefficient (Wildman–Crippen LogP) is 3.48. The molecule has 1 atom stereocenters. The van der Waals surface area contributed by atoms with Gasteiger partial charge in [-0.25, -0.2) is 13.6 Å². The van der Waals surface area contributed by atoms with Crippen molar-refractivity contribution in [2.24, 2.45) is 5.92 Å². The van der Waals surface area contributed by atoms with Crippen LogP contribution < -0.4 is 20.3 Å². The van der Waals surface area contributed by atoms with Gasteiger partial charge in [0.15, 0.2) is 11.6 Å². The van der Waals surface area contributed by atoms with E-state index in [1.165, 1.54) is 11.6 Å². The molecule has 0 saturated carbocycles. The Morgan fingerprint density at radius 1 is 1.14 bits per heavy atom. The van der Waals surface area contributed by atoms with Gasteiger partial charge in [-0.15, -0.1) is 0 Å². The molecule has 150 valence electrons. The number of benzene rings is 2. The molecule has 1 aliphatic heterocycles. The molecule has 2 amide bonds. The van der Waals surface area contributed by atoms with Gasteiger partial charge < -0.3 is 20.3 Å². The van der Waals surface area contributed by atoms with Crippen LogP contribution in [0.4, 0.5) is 19.3 Å². The van der Waals surface area contributed by atoms with Crippen LogP contribution in [0.1, 0.15) is 12.0 Å². The van der Waals surface area contributed by atoms with Gasteiger partial charge in [0.1, 0.15) is 12.4 Å². The fourth-order valence-corrected chi connectivity index (χ4v) is 3.18. The predicted molar refractivity (Wildman–Crippen MR) is 105 cm³/mol. The van der Waals surface area contributed by atoms with Crippen molar-refractivity contribution >= 4 is 11.7 Å². The first-order valence-corrected chi connectivity index (χ1v) is 9.42. The maximum Gasteiger partial charge on any atom is 0.314 e. The molecular formula is C21H25F2N3O2. The van der Waals surface area contributed by atoms with Gasteiger partial charge in [0, 0.05) is 31.4 Å². The monoisotopic (exact) mass is 389 g/mol. The van der Waals surface area contributed by atoms with Gasteiger partial charge in [0.2, 0.25) is 0 Å². The number of aryl methyl sites for hydroxylation is 1. The Kier molecular flexibility index (Phi) is 6.68. The summed E-state index contributed by atoms with van der Waals surface area (Å²) in [5, 5.41) is 5.62. The number of amides is 2. The number of carbonyl (C=O) groups is 1. The van der Waals surface area contributed by atoms with Crippen LogP contribution in [0, 0.1) is 24.5 Å². The minimum atomic E-state index is -0.843.